The second-order valence-electron chi connectivity index (χ2n) is 7.31. The Hall–Kier alpha value is -4.00. The van der Waals surface area contributed by atoms with Crippen LogP contribution in [0.4, 0.5) is 4.39 Å². The summed E-state index contributed by atoms with van der Waals surface area (Å²) in [5.74, 6) is 1.06. The van der Waals surface area contributed by atoms with Crippen LogP contribution in [0.2, 0.25) is 0 Å². The number of carbonyl (C=O) groups is 1. The van der Waals surface area contributed by atoms with E-state index in [9.17, 15) is 9.18 Å². The molecule has 0 fully saturated rings. The summed E-state index contributed by atoms with van der Waals surface area (Å²) >= 11 is 0. The van der Waals surface area contributed by atoms with Crippen molar-refractivity contribution in [2.45, 2.75) is 13.0 Å². The smallest absolute Gasteiger partial charge is 0.244 e. The second-order valence-corrected chi connectivity index (χ2v) is 7.31. The van der Waals surface area contributed by atoms with Gasteiger partial charge in [-0.1, -0.05) is 18.2 Å². The molecule has 0 aliphatic carbocycles. The summed E-state index contributed by atoms with van der Waals surface area (Å²) in [6.45, 7) is 0.885. The first-order valence-electron chi connectivity index (χ1n) is 10.3. The molecular weight excluding hydrogens is 407 g/mol. The Morgan fingerprint density at radius 2 is 2.03 bits per heavy atom. The molecule has 2 aromatic carbocycles. The maximum Gasteiger partial charge on any atom is 0.244 e. The SMILES string of the molecule is Cn1c(CCNC(=O)C=Cc2ccc(OCc3cccnc3)cc2)nc2ccc(F)cc21. The van der Waals surface area contributed by atoms with Crippen molar-refractivity contribution in [1.82, 2.24) is 19.9 Å². The van der Waals surface area contributed by atoms with Gasteiger partial charge in [0, 0.05) is 44.0 Å². The summed E-state index contributed by atoms with van der Waals surface area (Å²) in [6, 6.07) is 15.8. The fourth-order valence-electron chi connectivity index (χ4n) is 3.29. The van der Waals surface area contributed by atoms with E-state index >= 15 is 0 Å². The lowest BCUT2D eigenvalue weighted by molar-refractivity contribution is -0.116. The Morgan fingerprint density at radius 3 is 2.81 bits per heavy atom. The number of amides is 1. The second kappa shape index (κ2) is 9.87. The van der Waals surface area contributed by atoms with Gasteiger partial charge in [0.05, 0.1) is 11.0 Å². The first-order valence-corrected chi connectivity index (χ1v) is 10.3. The largest absolute Gasteiger partial charge is 0.489 e. The summed E-state index contributed by atoms with van der Waals surface area (Å²) in [6.07, 6.45) is 7.29. The van der Waals surface area contributed by atoms with E-state index in [1.54, 1.807) is 24.5 Å². The molecule has 0 spiro atoms. The molecule has 0 bridgehead atoms. The number of ether oxygens (including phenoxy) is 1. The fraction of sp³-hybridized carbons (Fsp3) is 0.160. The van der Waals surface area contributed by atoms with Gasteiger partial charge in [-0.3, -0.25) is 9.78 Å². The number of hydrogen-bond acceptors (Lipinski definition) is 4. The van der Waals surface area contributed by atoms with E-state index in [2.05, 4.69) is 15.3 Å². The zero-order chi connectivity index (χ0) is 22.3. The number of aromatic nitrogens is 3. The number of imidazole rings is 1. The first-order chi connectivity index (χ1) is 15.6. The molecule has 0 unspecified atom stereocenters. The van der Waals surface area contributed by atoms with Gasteiger partial charge in [-0.25, -0.2) is 9.37 Å². The van der Waals surface area contributed by atoms with E-state index in [0.29, 0.717) is 19.6 Å². The van der Waals surface area contributed by atoms with Crippen LogP contribution in [0.25, 0.3) is 17.1 Å². The molecule has 6 nitrogen and oxygen atoms in total. The van der Waals surface area contributed by atoms with Crippen molar-refractivity contribution in [3.05, 3.63) is 95.8 Å². The predicted molar refractivity (Wildman–Crippen MR) is 121 cm³/mol. The maximum absolute atomic E-state index is 13.4. The molecule has 7 heteroatoms. The zero-order valence-corrected chi connectivity index (χ0v) is 17.7. The number of fused-ring (bicyclic) bond motifs is 1. The zero-order valence-electron chi connectivity index (χ0n) is 17.7. The minimum absolute atomic E-state index is 0.188. The van der Waals surface area contributed by atoms with Crippen LogP contribution in [-0.4, -0.2) is 27.0 Å². The number of nitrogens with one attached hydrogen (secondary N) is 1. The van der Waals surface area contributed by atoms with Crippen molar-refractivity contribution in [2.24, 2.45) is 7.05 Å². The Bertz CT molecular complexity index is 1230. The van der Waals surface area contributed by atoms with Crippen molar-refractivity contribution in [1.29, 1.82) is 0 Å². The van der Waals surface area contributed by atoms with Crippen LogP contribution in [0.3, 0.4) is 0 Å². The summed E-state index contributed by atoms with van der Waals surface area (Å²) in [5, 5.41) is 2.85. The highest BCUT2D eigenvalue weighted by Gasteiger charge is 2.08. The highest BCUT2D eigenvalue weighted by atomic mass is 19.1. The van der Waals surface area contributed by atoms with Crippen molar-refractivity contribution in [3.63, 3.8) is 0 Å². The minimum atomic E-state index is -0.293. The maximum atomic E-state index is 13.4. The van der Waals surface area contributed by atoms with Crippen LogP contribution in [0, 0.1) is 5.82 Å². The van der Waals surface area contributed by atoms with E-state index in [1.165, 1.54) is 18.2 Å². The number of rotatable bonds is 8. The topological polar surface area (TPSA) is 69.0 Å². The number of hydrogen-bond donors (Lipinski definition) is 1. The Balaban J connectivity index is 1.25. The van der Waals surface area contributed by atoms with Crippen molar-refractivity contribution in [2.75, 3.05) is 6.54 Å². The van der Waals surface area contributed by atoms with Gasteiger partial charge in [0.1, 0.15) is 24.0 Å². The molecule has 1 amide bonds. The normalized spacial score (nSPS) is 11.2. The lowest BCUT2D eigenvalue weighted by Gasteiger charge is -2.06. The third-order valence-corrected chi connectivity index (χ3v) is 5.02. The predicted octanol–water partition coefficient (Wildman–Crippen LogP) is 4.06. The van der Waals surface area contributed by atoms with Gasteiger partial charge in [-0.15, -0.1) is 0 Å². The van der Waals surface area contributed by atoms with Crippen LogP contribution in [-0.2, 0) is 24.9 Å². The molecule has 2 heterocycles. The molecular formula is C25H23FN4O2. The van der Waals surface area contributed by atoms with E-state index < -0.39 is 0 Å². The van der Waals surface area contributed by atoms with E-state index in [4.69, 9.17) is 4.74 Å². The fourth-order valence-corrected chi connectivity index (χ4v) is 3.29. The molecule has 4 rings (SSSR count). The standard InChI is InChI=1S/C25H23FN4O2/c1-30-23-15-20(26)7-10-22(23)29-24(30)12-14-28-25(31)11-6-18-4-8-21(9-5-18)32-17-19-3-2-13-27-16-19/h2-11,13,15-16H,12,14,17H2,1H3,(H,28,31). The van der Waals surface area contributed by atoms with Gasteiger partial charge in [0.15, 0.2) is 0 Å². The van der Waals surface area contributed by atoms with Crippen LogP contribution in [0.15, 0.2) is 73.1 Å². The quantitative estimate of drug-likeness (QED) is 0.428. The van der Waals surface area contributed by atoms with E-state index in [-0.39, 0.29) is 11.7 Å². The Morgan fingerprint density at radius 1 is 1.19 bits per heavy atom. The summed E-state index contributed by atoms with van der Waals surface area (Å²) in [4.78, 5) is 20.7. The number of halogens is 1. The summed E-state index contributed by atoms with van der Waals surface area (Å²) < 4.78 is 21.0. The summed E-state index contributed by atoms with van der Waals surface area (Å²) in [7, 11) is 1.84. The third kappa shape index (κ3) is 5.37. The lowest BCUT2D eigenvalue weighted by atomic mass is 10.2. The van der Waals surface area contributed by atoms with Crippen molar-refractivity contribution < 1.29 is 13.9 Å². The molecule has 0 atom stereocenters. The third-order valence-electron chi connectivity index (χ3n) is 5.02. The van der Waals surface area contributed by atoms with Crippen LogP contribution >= 0.6 is 0 Å². The minimum Gasteiger partial charge on any atom is -0.489 e. The molecule has 162 valence electrons. The number of nitrogens with zero attached hydrogens (tertiary/aromatic N) is 3. The molecule has 32 heavy (non-hydrogen) atoms. The molecule has 4 aromatic rings. The van der Waals surface area contributed by atoms with Crippen molar-refractivity contribution in [3.8, 4) is 5.75 Å². The van der Waals surface area contributed by atoms with Gasteiger partial charge in [-0.2, -0.15) is 0 Å². The number of aryl methyl sites for hydroxylation is 1. The molecule has 0 aliphatic heterocycles. The Kier molecular flexibility index (Phi) is 6.55. The number of carbonyl (C=O) groups excluding carboxylic acids is 1. The first kappa shape index (κ1) is 21.2. The molecule has 0 aliphatic rings. The van der Waals surface area contributed by atoms with Gasteiger partial charge in [0.25, 0.3) is 0 Å². The highest BCUT2D eigenvalue weighted by molar-refractivity contribution is 5.91. The average Bonchev–Trinajstić information content (AvgIpc) is 3.12. The van der Waals surface area contributed by atoms with Gasteiger partial charge >= 0.3 is 0 Å². The molecule has 0 radical (unpaired) electrons. The number of pyridine rings is 1. The van der Waals surface area contributed by atoms with Gasteiger partial charge < -0.3 is 14.6 Å². The monoisotopic (exact) mass is 430 g/mol. The summed E-state index contributed by atoms with van der Waals surface area (Å²) in [5.41, 5.74) is 3.37. The average molecular weight is 430 g/mol. The Labute approximate surface area is 185 Å². The van der Waals surface area contributed by atoms with Gasteiger partial charge in [-0.05, 0) is 48.0 Å². The van der Waals surface area contributed by atoms with E-state index in [1.807, 2.05) is 48.0 Å². The van der Waals surface area contributed by atoms with Crippen LogP contribution in [0.1, 0.15) is 17.0 Å². The number of benzene rings is 2. The lowest BCUT2D eigenvalue weighted by Crippen LogP contribution is -2.24. The van der Waals surface area contributed by atoms with Crippen LogP contribution < -0.4 is 10.1 Å². The van der Waals surface area contributed by atoms with E-state index in [0.717, 1.165) is 33.7 Å². The van der Waals surface area contributed by atoms with Crippen molar-refractivity contribution >= 4 is 23.0 Å². The molecule has 1 N–H and O–H groups in total. The van der Waals surface area contributed by atoms with Crippen LogP contribution in [0.5, 0.6) is 5.75 Å². The van der Waals surface area contributed by atoms with Gasteiger partial charge in [0.2, 0.25) is 5.91 Å². The molecule has 0 saturated heterocycles. The molecule has 2 aromatic heterocycles. The highest BCUT2D eigenvalue weighted by Crippen LogP contribution is 2.17. The molecule has 0 saturated carbocycles.